The van der Waals surface area contributed by atoms with Crippen molar-refractivity contribution < 1.29 is 4.92 Å². The second-order valence-corrected chi connectivity index (χ2v) is 6.55. The summed E-state index contributed by atoms with van der Waals surface area (Å²) in [6.07, 6.45) is 3.56. The first-order valence-corrected chi connectivity index (χ1v) is 9.08. The number of para-hydroxylation sites is 1. The van der Waals surface area contributed by atoms with Crippen molar-refractivity contribution in [1.29, 1.82) is 0 Å². The molecule has 29 heavy (non-hydrogen) atoms. The van der Waals surface area contributed by atoms with Crippen LogP contribution in [0.4, 0.5) is 5.69 Å². The highest BCUT2D eigenvalue weighted by molar-refractivity contribution is 5.79. The first-order chi connectivity index (χ1) is 14.1. The van der Waals surface area contributed by atoms with E-state index >= 15 is 0 Å². The molecule has 4 rings (SSSR count). The Balaban J connectivity index is 1.78. The van der Waals surface area contributed by atoms with Crippen molar-refractivity contribution in [3.63, 3.8) is 0 Å². The van der Waals surface area contributed by atoms with Crippen molar-refractivity contribution in [2.45, 2.75) is 6.54 Å². The summed E-state index contributed by atoms with van der Waals surface area (Å²) >= 11 is 0. The molecule has 0 amide bonds. The van der Waals surface area contributed by atoms with Crippen molar-refractivity contribution in [3.8, 4) is 0 Å². The van der Waals surface area contributed by atoms with Gasteiger partial charge in [0, 0.05) is 12.1 Å². The minimum Gasteiger partial charge on any atom is -0.288 e. The van der Waals surface area contributed by atoms with Gasteiger partial charge in [-0.2, -0.15) is 0 Å². The summed E-state index contributed by atoms with van der Waals surface area (Å²) in [6.45, 7) is 0.400. The van der Waals surface area contributed by atoms with Crippen LogP contribution in [0.5, 0.6) is 0 Å². The number of benzene rings is 3. The van der Waals surface area contributed by atoms with Crippen LogP contribution in [0.1, 0.15) is 17.0 Å². The van der Waals surface area contributed by atoms with Gasteiger partial charge in [0.05, 0.1) is 22.4 Å². The summed E-state index contributed by atoms with van der Waals surface area (Å²) in [7, 11) is 0. The second-order valence-electron chi connectivity index (χ2n) is 6.55. The minimum absolute atomic E-state index is 0.0342. The molecule has 0 aliphatic heterocycles. The van der Waals surface area contributed by atoms with Gasteiger partial charge in [-0.3, -0.25) is 19.5 Å². The molecule has 142 valence electrons. The lowest BCUT2D eigenvalue weighted by Gasteiger charge is -2.11. The third kappa shape index (κ3) is 3.96. The number of rotatable bonds is 5. The largest absolute Gasteiger partial charge is 0.288 e. The molecule has 0 unspecified atom stereocenters. The van der Waals surface area contributed by atoms with Crippen LogP contribution < -0.4 is 5.56 Å². The Bertz CT molecular complexity index is 1260. The molecular formula is C23H17N3O3. The van der Waals surface area contributed by atoms with E-state index in [-0.39, 0.29) is 11.2 Å². The molecule has 0 spiro atoms. The highest BCUT2D eigenvalue weighted by Crippen LogP contribution is 2.15. The van der Waals surface area contributed by atoms with Crippen LogP contribution in [0.3, 0.4) is 0 Å². The van der Waals surface area contributed by atoms with Gasteiger partial charge in [-0.25, -0.2) is 4.98 Å². The van der Waals surface area contributed by atoms with Crippen molar-refractivity contribution in [2.75, 3.05) is 0 Å². The number of hydrogen-bond acceptors (Lipinski definition) is 4. The Morgan fingerprint density at radius 2 is 1.59 bits per heavy atom. The molecular weight excluding hydrogens is 366 g/mol. The minimum atomic E-state index is -0.435. The van der Waals surface area contributed by atoms with Gasteiger partial charge in [0.25, 0.3) is 11.2 Å². The average molecular weight is 383 g/mol. The maximum atomic E-state index is 13.1. The van der Waals surface area contributed by atoms with Crippen molar-refractivity contribution >= 4 is 28.7 Å². The van der Waals surface area contributed by atoms with Crippen LogP contribution in [-0.2, 0) is 6.54 Å². The smallest absolute Gasteiger partial charge is 0.269 e. The summed E-state index contributed by atoms with van der Waals surface area (Å²) in [5.41, 5.74) is 2.33. The lowest BCUT2D eigenvalue weighted by Crippen LogP contribution is -2.24. The predicted molar refractivity (Wildman–Crippen MR) is 114 cm³/mol. The molecule has 0 N–H and O–H groups in total. The SMILES string of the molecule is O=c1c2ccccc2nc(/C=C/c2ccc([N+](=O)[O-])cc2)n1Cc1ccccc1. The number of fused-ring (bicyclic) bond motifs is 1. The Morgan fingerprint density at radius 3 is 2.31 bits per heavy atom. The quantitative estimate of drug-likeness (QED) is 0.375. The second kappa shape index (κ2) is 7.90. The molecule has 0 aliphatic carbocycles. The van der Waals surface area contributed by atoms with Gasteiger partial charge in [-0.1, -0.05) is 48.5 Å². The fourth-order valence-electron chi connectivity index (χ4n) is 3.11. The van der Waals surface area contributed by atoms with E-state index in [4.69, 9.17) is 0 Å². The van der Waals surface area contributed by atoms with Crippen LogP contribution in [-0.4, -0.2) is 14.5 Å². The Labute approximate surface area is 166 Å². The van der Waals surface area contributed by atoms with E-state index in [1.807, 2.05) is 48.5 Å². The van der Waals surface area contributed by atoms with E-state index in [1.165, 1.54) is 12.1 Å². The Kier molecular flexibility index (Phi) is 4.99. The van der Waals surface area contributed by atoms with Crippen LogP contribution in [0, 0.1) is 10.1 Å². The molecule has 0 saturated heterocycles. The topological polar surface area (TPSA) is 78.0 Å². The molecule has 6 heteroatoms. The van der Waals surface area contributed by atoms with Gasteiger partial charge in [0.1, 0.15) is 5.82 Å². The molecule has 0 atom stereocenters. The van der Waals surface area contributed by atoms with E-state index in [2.05, 4.69) is 4.98 Å². The van der Waals surface area contributed by atoms with Gasteiger partial charge in [-0.05, 0) is 41.5 Å². The predicted octanol–water partition coefficient (Wildman–Crippen LogP) is 4.52. The molecule has 0 radical (unpaired) electrons. The summed E-state index contributed by atoms with van der Waals surface area (Å²) < 4.78 is 1.64. The van der Waals surface area contributed by atoms with E-state index < -0.39 is 4.92 Å². The number of nitrogens with zero attached hydrogens (tertiary/aromatic N) is 3. The zero-order valence-corrected chi connectivity index (χ0v) is 15.4. The first-order valence-electron chi connectivity index (χ1n) is 9.08. The van der Waals surface area contributed by atoms with Gasteiger partial charge in [0.2, 0.25) is 0 Å². The fraction of sp³-hybridized carbons (Fsp3) is 0.0435. The number of nitro benzene ring substituents is 1. The summed E-state index contributed by atoms with van der Waals surface area (Å²) in [6, 6.07) is 23.2. The number of aromatic nitrogens is 2. The molecule has 0 fully saturated rings. The van der Waals surface area contributed by atoms with E-state index in [0.717, 1.165) is 11.1 Å². The molecule has 1 aromatic heterocycles. The number of nitro groups is 1. The number of non-ortho nitro benzene ring substituents is 1. The van der Waals surface area contributed by atoms with Crippen molar-refractivity contribution in [1.82, 2.24) is 9.55 Å². The summed E-state index contributed by atoms with van der Waals surface area (Å²) in [5, 5.41) is 11.4. The van der Waals surface area contributed by atoms with E-state index in [0.29, 0.717) is 23.3 Å². The third-order valence-electron chi connectivity index (χ3n) is 4.60. The molecule has 3 aromatic carbocycles. The summed E-state index contributed by atoms with van der Waals surface area (Å²) in [4.78, 5) is 28.1. The van der Waals surface area contributed by atoms with Crippen LogP contribution >= 0.6 is 0 Å². The van der Waals surface area contributed by atoms with Gasteiger partial charge >= 0.3 is 0 Å². The van der Waals surface area contributed by atoms with Gasteiger partial charge in [0.15, 0.2) is 0 Å². The molecule has 0 aliphatic rings. The normalized spacial score (nSPS) is 11.2. The lowest BCUT2D eigenvalue weighted by molar-refractivity contribution is -0.384. The molecule has 0 bridgehead atoms. The monoisotopic (exact) mass is 383 g/mol. The Morgan fingerprint density at radius 1 is 0.897 bits per heavy atom. The fourth-order valence-corrected chi connectivity index (χ4v) is 3.11. The average Bonchev–Trinajstić information content (AvgIpc) is 2.75. The molecule has 0 saturated carbocycles. The molecule has 4 aromatic rings. The van der Waals surface area contributed by atoms with Crippen LogP contribution in [0.25, 0.3) is 23.1 Å². The molecule has 1 heterocycles. The van der Waals surface area contributed by atoms with Gasteiger partial charge in [-0.15, -0.1) is 0 Å². The summed E-state index contributed by atoms with van der Waals surface area (Å²) in [5.74, 6) is 0.524. The standard InChI is InChI=1S/C23H17N3O3/c27-23-20-8-4-5-9-21(20)24-22(25(23)16-18-6-2-1-3-7-18)15-12-17-10-13-19(14-11-17)26(28)29/h1-15H,16H2/b15-12+. The zero-order chi connectivity index (χ0) is 20.2. The van der Waals surface area contributed by atoms with Crippen LogP contribution in [0.15, 0.2) is 83.7 Å². The zero-order valence-electron chi connectivity index (χ0n) is 15.4. The van der Waals surface area contributed by atoms with Crippen molar-refractivity contribution in [3.05, 3.63) is 116 Å². The van der Waals surface area contributed by atoms with Crippen molar-refractivity contribution in [2.24, 2.45) is 0 Å². The lowest BCUT2D eigenvalue weighted by atomic mass is 10.1. The maximum absolute atomic E-state index is 13.1. The van der Waals surface area contributed by atoms with Crippen LogP contribution in [0.2, 0.25) is 0 Å². The Hall–Kier alpha value is -4.06. The third-order valence-corrected chi connectivity index (χ3v) is 4.60. The van der Waals surface area contributed by atoms with Gasteiger partial charge < -0.3 is 0 Å². The highest BCUT2D eigenvalue weighted by Gasteiger charge is 2.10. The van der Waals surface area contributed by atoms with E-state index in [1.54, 1.807) is 34.9 Å². The highest BCUT2D eigenvalue weighted by atomic mass is 16.6. The maximum Gasteiger partial charge on any atom is 0.269 e. The first kappa shape index (κ1) is 18.3. The van der Waals surface area contributed by atoms with E-state index in [9.17, 15) is 14.9 Å². The molecule has 6 nitrogen and oxygen atoms in total. The number of hydrogen-bond donors (Lipinski definition) is 0.